The van der Waals surface area contributed by atoms with E-state index in [0.29, 0.717) is 43.1 Å². The summed E-state index contributed by atoms with van der Waals surface area (Å²) in [5, 5.41) is 14.0. The Hall–Kier alpha value is -3.26. The summed E-state index contributed by atoms with van der Waals surface area (Å²) in [7, 11) is 0. The van der Waals surface area contributed by atoms with Crippen LogP contribution in [0.1, 0.15) is 26.3 Å². The van der Waals surface area contributed by atoms with E-state index in [4.69, 9.17) is 4.74 Å². The van der Waals surface area contributed by atoms with Gasteiger partial charge < -0.3 is 15.0 Å². The van der Waals surface area contributed by atoms with E-state index in [1.165, 1.54) is 6.07 Å². The summed E-state index contributed by atoms with van der Waals surface area (Å²) in [5.41, 5.74) is 0.754. The molecule has 140 valence electrons. The van der Waals surface area contributed by atoms with Crippen LogP contribution in [0.2, 0.25) is 0 Å². The number of carbonyl (C=O) groups is 2. The number of hydrogen-bond donors (Lipinski definition) is 1. The number of aryl methyl sites for hydroxylation is 1. The Balaban J connectivity index is 1.89. The molecule has 0 atom stereocenters. The zero-order chi connectivity index (χ0) is 19.4. The van der Waals surface area contributed by atoms with Gasteiger partial charge in [-0.2, -0.15) is 0 Å². The van der Waals surface area contributed by atoms with Crippen LogP contribution in [0.3, 0.4) is 0 Å². The van der Waals surface area contributed by atoms with Crippen molar-refractivity contribution in [1.82, 2.24) is 4.90 Å². The van der Waals surface area contributed by atoms with Crippen molar-refractivity contribution in [2.24, 2.45) is 0 Å². The van der Waals surface area contributed by atoms with Crippen LogP contribution in [-0.2, 0) is 4.74 Å². The lowest BCUT2D eigenvalue weighted by Crippen LogP contribution is -2.41. The average Bonchev–Trinajstić information content (AvgIpc) is 2.68. The number of nitrogens with zero attached hydrogens (tertiary/aromatic N) is 2. The molecule has 0 aliphatic carbocycles. The number of morpholine rings is 1. The molecule has 2 aromatic carbocycles. The molecule has 8 nitrogen and oxygen atoms in total. The van der Waals surface area contributed by atoms with Gasteiger partial charge in [0.15, 0.2) is 0 Å². The van der Waals surface area contributed by atoms with E-state index in [0.717, 1.165) is 0 Å². The number of para-hydroxylation sites is 2. The number of nitrogens with one attached hydrogen (secondary N) is 1. The fraction of sp³-hybridized carbons (Fsp3) is 0.263. The SMILES string of the molecule is Cc1cccc(C(=O)Nc2ccccc2C(=O)N2CCOCC2)c1[N+](=O)[O-]. The molecule has 0 bridgehead atoms. The van der Waals surface area contributed by atoms with Crippen LogP contribution in [0.25, 0.3) is 0 Å². The number of carbonyl (C=O) groups excluding carboxylic acids is 2. The zero-order valence-electron chi connectivity index (χ0n) is 14.8. The molecule has 0 aromatic heterocycles. The molecule has 2 amide bonds. The second-order valence-corrected chi connectivity index (χ2v) is 6.13. The van der Waals surface area contributed by atoms with Crippen molar-refractivity contribution in [3.05, 3.63) is 69.3 Å². The molecule has 1 saturated heterocycles. The molecule has 1 heterocycles. The number of hydrogen-bond acceptors (Lipinski definition) is 5. The predicted molar refractivity (Wildman–Crippen MR) is 99.0 cm³/mol. The molecule has 0 spiro atoms. The van der Waals surface area contributed by atoms with Crippen LogP contribution in [0.5, 0.6) is 0 Å². The summed E-state index contributed by atoms with van der Waals surface area (Å²) < 4.78 is 5.26. The summed E-state index contributed by atoms with van der Waals surface area (Å²) >= 11 is 0. The minimum absolute atomic E-state index is 0.0476. The predicted octanol–water partition coefficient (Wildman–Crippen LogP) is 2.63. The Morgan fingerprint density at radius 2 is 1.74 bits per heavy atom. The number of nitro benzene ring substituents is 1. The topological polar surface area (TPSA) is 102 Å². The van der Waals surface area contributed by atoms with Crippen molar-refractivity contribution in [2.75, 3.05) is 31.6 Å². The molecule has 0 saturated carbocycles. The highest BCUT2D eigenvalue weighted by atomic mass is 16.6. The van der Waals surface area contributed by atoms with Gasteiger partial charge in [0.2, 0.25) is 0 Å². The molecule has 3 rings (SSSR count). The smallest absolute Gasteiger partial charge is 0.285 e. The van der Waals surface area contributed by atoms with Crippen molar-refractivity contribution in [1.29, 1.82) is 0 Å². The van der Waals surface area contributed by atoms with Gasteiger partial charge in [0, 0.05) is 18.7 Å². The lowest BCUT2D eigenvalue weighted by molar-refractivity contribution is -0.385. The largest absolute Gasteiger partial charge is 0.378 e. The van der Waals surface area contributed by atoms with E-state index in [-0.39, 0.29) is 17.2 Å². The number of ether oxygens (including phenoxy) is 1. The standard InChI is InChI=1S/C19H19N3O5/c1-13-5-4-7-15(17(13)22(25)26)18(23)20-16-8-3-2-6-14(16)19(24)21-9-11-27-12-10-21/h2-8H,9-12H2,1H3,(H,20,23). The number of amides is 2. The first-order valence-electron chi connectivity index (χ1n) is 8.50. The van der Waals surface area contributed by atoms with E-state index in [2.05, 4.69) is 5.32 Å². The van der Waals surface area contributed by atoms with E-state index in [1.807, 2.05) is 0 Å². The van der Waals surface area contributed by atoms with Gasteiger partial charge >= 0.3 is 0 Å². The van der Waals surface area contributed by atoms with E-state index in [1.54, 1.807) is 48.2 Å². The lowest BCUT2D eigenvalue weighted by atomic mass is 10.1. The Labute approximate surface area is 155 Å². The van der Waals surface area contributed by atoms with Gasteiger partial charge in [-0.25, -0.2) is 0 Å². The molecule has 1 fully saturated rings. The van der Waals surface area contributed by atoms with Crippen LogP contribution in [-0.4, -0.2) is 47.9 Å². The van der Waals surface area contributed by atoms with Crippen LogP contribution in [0.15, 0.2) is 42.5 Å². The first kappa shape index (κ1) is 18.5. The third-order valence-electron chi connectivity index (χ3n) is 4.37. The minimum Gasteiger partial charge on any atom is -0.378 e. The second-order valence-electron chi connectivity index (χ2n) is 6.13. The molecular formula is C19H19N3O5. The maximum Gasteiger partial charge on any atom is 0.285 e. The van der Waals surface area contributed by atoms with E-state index < -0.39 is 10.8 Å². The summed E-state index contributed by atoms with van der Waals surface area (Å²) in [6.45, 7) is 3.46. The summed E-state index contributed by atoms with van der Waals surface area (Å²) in [6.07, 6.45) is 0. The van der Waals surface area contributed by atoms with Gasteiger partial charge in [-0.05, 0) is 25.1 Å². The molecule has 1 aliphatic heterocycles. The Bertz CT molecular complexity index is 891. The number of benzene rings is 2. The maximum atomic E-state index is 12.8. The first-order chi connectivity index (χ1) is 13.0. The van der Waals surface area contributed by atoms with Crippen molar-refractivity contribution in [2.45, 2.75) is 6.92 Å². The first-order valence-corrected chi connectivity index (χ1v) is 8.50. The number of rotatable bonds is 4. The van der Waals surface area contributed by atoms with Gasteiger partial charge in [0.1, 0.15) is 5.56 Å². The summed E-state index contributed by atoms with van der Waals surface area (Å²) in [4.78, 5) is 37.9. The normalized spacial score (nSPS) is 13.9. The second kappa shape index (κ2) is 7.96. The molecule has 1 N–H and O–H groups in total. The minimum atomic E-state index is -0.632. The van der Waals surface area contributed by atoms with Crippen molar-refractivity contribution >= 4 is 23.2 Å². The maximum absolute atomic E-state index is 12.8. The van der Waals surface area contributed by atoms with Gasteiger partial charge in [0.25, 0.3) is 17.5 Å². The molecule has 2 aromatic rings. The van der Waals surface area contributed by atoms with Gasteiger partial charge in [-0.15, -0.1) is 0 Å². The summed E-state index contributed by atoms with van der Waals surface area (Å²) in [5.74, 6) is -0.847. The fourth-order valence-corrected chi connectivity index (χ4v) is 2.99. The Kier molecular flexibility index (Phi) is 5.46. The monoisotopic (exact) mass is 369 g/mol. The average molecular weight is 369 g/mol. The van der Waals surface area contributed by atoms with Gasteiger partial charge in [-0.1, -0.05) is 24.3 Å². The van der Waals surface area contributed by atoms with Crippen LogP contribution >= 0.6 is 0 Å². The Morgan fingerprint density at radius 1 is 1.07 bits per heavy atom. The van der Waals surface area contributed by atoms with Crippen molar-refractivity contribution in [3.8, 4) is 0 Å². The molecule has 0 unspecified atom stereocenters. The highest BCUT2D eigenvalue weighted by Crippen LogP contribution is 2.25. The molecule has 0 radical (unpaired) electrons. The van der Waals surface area contributed by atoms with Crippen LogP contribution in [0, 0.1) is 17.0 Å². The highest BCUT2D eigenvalue weighted by Gasteiger charge is 2.25. The molecule has 8 heteroatoms. The Morgan fingerprint density at radius 3 is 2.44 bits per heavy atom. The summed E-state index contributed by atoms with van der Waals surface area (Å²) in [6, 6.07) is 11.2. The van der Waals surface area contributed by atoms with Gasteiger partial charge in [-0.3, -0.25) is 19.7 Å². The van der Waals surface area contributed by atoms with E-state index >= 15 is 0 Å². The third kappa shape index (κ3) is 3.95. The third-order valence-corrected chi connectivity index (χ3v) is 4.37. The van der Waals surface area contributed by atoms with Gasteiger partial charge in [0.05, 0.1) is 29.4 Å². The zero-order valence-corrected chi connectivity index (χ0v) is 14.8. The molecule has 27 heavy (non-hydrogen) atoms. The van der Waals surface area contributed by atoms with E-state index in [9.17, 15) is 19.7 Å². The highest BCUT2D eigenvalue weighted by molar-refractivity contribution is 6.10. The number of nitro groups is 1. The van der Waals surface area contributed by atoms with Crippen molar-refractivity contribution in [3.63, 3.8) is 0 Å². The fourth-order valence-electron chi connectivity index (χ4n) is 2.99. The quantitative estimate of drug-likeness (QED) is 0.659. The molecule has 1 aliphatic rings. The number of anilines is 1. The lowest BCUT2D eigenvalue weighted by Gasteiger charge is -2.27. The van der Waals surface area contributed by atoms with Crippen LogP contribution < -0.4 is 5.32 Å². The van der Waals surface area contributed by atoms with Crippen molar-refractivity contribution < 1.29 is 19.2 Å². The van der Waals surface area contributed by atoms with Crippen LogP contribution in [0.4, 0.5) is 11.4 Å². The molecular weight excluding hydrogens is 350 g/mol.